The Kier molecular flexibility index (Phi) is 4.27. The van der Waals surface area contributed by atoms with Crippen molar-refractivity contribution in [3.63, 3.8) is 0 Å². The summed E-state index contributed by atoms with van der Waals surface area (Å²) in [6.45, 7) is 1.75. The summed E-state index contributed by atoms with van der Waals surface area (Å²) in [5.74, 6) is 0.371. The first-order chi connectivity index (χ1) is 10.6. The zero-order valence-corrected chi connectivity index (χ0v) is 13.4. The van der Waals surface area contributed by atoms with E-state index in [0.717, 1.165) is 15.5 Å². The minimum Gasteiger partial charge on any atom is -0.469 e. The quantitative estimate of drug-likeness (QED) is 0.763. The molecule has 1 aromatic carbocycles. The van der Waals surface area contributed by atoms with Gasteiger partial charge in [0.25, 0.3) is 5.91 Å². The largest absolute Gasteiger partial charge is 0.469 e. The van der Waals surface area contributed by atoms with Gasteiger partial charge < -0.3 is 4.42 Å². The van der Waals surface area contributed by atoms with Crippen molar-refractivity contribution in [1.29, 1.82) is 0 Å². The number of benzene rings is 1. The lowest BCUT2D eigenvalue weighted by molar-refractivity contribution is 0.102. The number of halogens is 1. The Bertz CT molecular complexity index is 810. The van der Waals surface area contributed by atoms with Crippen LogP contribution in [0.15, 0.2) is 47.2 Å². The molecule has 4 nitrogen and oxygen atoms in total. The van der Waals surface area contributed by atoms with Gasteiger partial charge in [-0.15, -0.1) is 11.3 Å². The number of carbonyl (C=O) groups excluding carboxylic acids is 1. The number of nitrogens with one attached hydrogen (secondary N) is 1. The van der Waals surface area contributed by atoms with Gasteiger partial charge in [0.15, 0.2) is 5.13 Å². The van der Waals surface area contributed by atoms with Gasteiger partial charge in [0.05, 0.1) is 11.8 Å². The van der Waals surface area contributed by atoms with E-state index in [4.69, 9.17) is 16.0 Å². The molecular formula is C16H13ClN2O2S. The van der Waals surface area contributed by atoms with Gasteiger partial charge in [-0.1, -0.05) is 29.8 Å². The Hall–Kier alpha value is -2.11. The smallest absolute Gasteiger partial charge is 0.260 e. The number of thiazole rings is 1. The first-order valence-corrected chi connectivity index (χ1v) is 7.86. The summed E-state index contributed by atoms with van der Waals surface area (Å²) in [7, 11) is 0. The van der Waals surface area contributed by atoms with Crippen LogP contribution in [0.25, 0.3) is 0 Å². The predicted octanol–water partition coefficient (Wildman–Crippen LogP) is 4.54. The number of carbonyl (C=O) groups is 1. The summed E-state index contributed by atoms with van der Waals surface area (Å²) < 4.78 is 5.13. The number of furan rings is 1. The minimum atomic E-state index is -0.218. The van der Waals surface area contributed by atoms with Crippen molar-refractivity contribution in [3.05, 3.63) is 69.6 Å². The summed E-state index contributed by atoms with van der Waals surface area (Å²) in [6, 6.07) is 9.34. The van der Waals surface area contributed by atoms with Crippen molar-refractivity contribution in [2.45, 2.75) is 13.3 Å². The average molecular weight is 333 g/mol. The van der Waals surface area contributed by atoms with Crippen LogP contribution in [0, 0.1) is 6.92 Å². The first-order valence-electron chi connectivity index (χ1n) is 6.67. The zero-order chi connectivity index (χ0) is 15.5. The molecule has 0 saturated carbocycles. The number of hydrogen-bond acceptors (Lipinski definition) is 4. The van der Waals surface area contributed by atoms with Gasteiger partial charge in [-0.05, 0) is 24.6 Å². The Morgan fingerprint density at radius 2 is 2.18 bits per heavy atom. The van der Waals surface area contributed by atoms with E-state index >= 15 is 0 Å². The Balaban J connectivity index is 1.70. The fraction of sp³-hybridized carbons (Fsp3) is 0.125. The van der Waals surface area contributed by atoms with Crippen LogP contribution >= 0.6 is 22.9 Å². The molecule has 1 N–H and O–H groups in total. The van der Waals surface area contributed by atoms with Crippen molar-refractivity contribution in [2.75, 3.05) is 5.32 Å². The van der Waals surface area contributed by atoms with E-state index < -0.39 is 0 Å². The van der Waals surface area contributed by atoms with E-state index in [0.29, 0.717) is 22.9 Å². The standard InChI is InChI=1S/C16H13ClN2O2S/c1-10-13(6-7-21-10)15(20)19-16-18-9-12(22-16)8-11-4-2-3-5-14(11)17/h2-7,9H,8H2,1H3,(H,18,19,20). The second kappa shape index (κ2) is 6.34. The summed E-state index contributed by atoms with van der Waals surface area (Å²) in [6.07, 6.45) is 3.94. The average Bonchev–Trinajstić information content (AvgIpc) is 3.10. The molecule has 0 bridgehead atoms. The Morgan fingerprint density at radius 1 is 1.36 bits per heavy atom. The van der Waals surface area contributed by atoms with Crippen LogP contribution in [0.5, 0.6) is 0 Å². The van der Waals surface area contributed by atoms with E-state index in [2.05, 4.69) is 10.3 Å². The van der Waals surface area contributed by atoms with Crippen LogP contribution in [-0.2, 0) is 6.42 Å². The van der Waals surface area contributed by atoms with Crippen molar-refractivity contribution < 1.29 is 9.21 Å². The third-order valence-electron chi connectivity index (χ3n) is 3.20. The highest BCUT2D eigenvalue weighted by Gasteiger charge is 2.13. The van der Waals surface area contributed by atoms with E-state index in [1.54, 1.807) is 19.2 Å². The normalized spacial score (nSPS) is 10.6. The van der Waals surface area contributed by atoms with Crippen LogP contribution in [0.3, 0.4) is 0 Å². The van der Waals surface area contributed by atoms with Crippen LogP contribution in [-0.4, -0.2) is 10.9 Å². The van der Waals surface area contributed by atoms with Gasteiger partial charge >= 0.3 is 0 Å². The molecule has 0 spiro atoms. The molecule has 0 aliphatic rings. The maximum atomic E-state index is 12.1. The minimum absolute atomic E-state index is 0.218. The molecule has 0 radical (unpaired) electrons. The number of nitrogens with zero attached hydrogens (tertiary/aromatic N) is 1. The number of aryl methyl sites for hydroxylation is 1. The lowest BCUT2D eigenvalue weighted by Crippen LogP contribution is -2.11. The molecule has 3 aromatic rings. The van der Waals surface area contributed by atoms with Crippen molar-refractivity contribution >= 4 is 34.0 Å². The number of hydrogen-bond donors (Lipinski definition) is 1. The van der Waals surface area contributed by atoms with E-state index in [1.807, 2.05) is 24.3 Å². The van der Waals surface area contributed by atoms with Crippen molar-refractivity contribution in [1.82, 2.24) is 4.98 Å². The highest BCUT2D eigenvalue weighted by atomic mass is 35.5. The predicted molar refractivity (Wildman–Crippen MR) is 87.8 cm³/mol. The summed E-state index contributed by atoms with van der Waals surface area (Å²) in [5, 5.41) is 4.08. The van der Waals surface area contributed by atoms with Crippen LogP contribution in [0.1, 0.15) is 26.6 Å². The molecule has 22 heavy (non-hydrogen) atoms. The highest BCUT2D eigenvalue weighted by Crippen LogP contribution is 2.25. The Morgan fingerprint density at radius 3 is 2.91 bits per heavy atom. The molecule has 0 atom stereocenters. The Labute approximate surface area is 136 Å². The maximum Gasteiger partial charge on any atom is 0.260 e. The third kappa shape index (κ3) is 3.21. The van der Waals surface area contributed by atoms with Crippen molar-refractivity contribution in [3.8, 4) is 0 Å². The first kappa shape index (κ1) is 14.8. The molecule has 0 fully saturated rings. The molecule has 3 rings (SSSR count). The van der Waals surface area contributed by atoms with Gasteiger partial charge in [0.1, 0.15) is 5.76 Å². The van der Waals surface area contributed by atoms with Crippen LogP contribution < -0.4 is 5.32 Å². The topological polar surface area (TPSA) is 55.1 Å². The monoisotopic (exact) mass is 332 g/mol. The van der Waals surface area contributed by atoms with E-state index in [1.165, 1.54) is 17.6 Å². The van der Waals surface area contributed by atoms with Crippen molar-refractivity contribution in [2.24, 2.45) is 0 Å². The third-order valence-corrected chi connectivity index (χ3v) is 4.48. The lowest BCUT2D eigenvalue weighted by Gasteiger charge is -2.01. The number of aromatic nitrogens is 1. The van der Waals surface area contributed by atoms with Crippen LogP contribution in [0.2, 0.25) is 5.02 Å². The number of rotatable bonds is 4. The lowest BCUT2D eigenvalue weighted by atomic mass is 10.1. The summed E-state index contributed by atoms with van der Waals surface area (Å²) >= 11 is 7.59. The summed E-state index contributed by atoms with van der Waals surface area (Å²) in [4.78, 5) is 17.4. The molecule has 0 aliphatic carbocycles. The molecular weight excluding hydrogens is 320 g/mol. The number of amides is 1. The van der Waals surface area contributed by atoms with Gasteiger partial charge in [0, 0.05) is 22.5 Å². The second-order valence-corrected chi connectivity index (χ2v) is 6.27. The highest BCUT2D eigenvalue weighted by molar-refractivity contribution is 7.15. The molecule has 6 heteroatoms. The fourth-order valence-corrected chi connectivity index (χ4v) is 3.09. The molecule has 112 valence electrons. The van der Waals surface area contributed by atoms with Gasteiger partial charge in [-0.2, -0.15) is 0 Å². The maximum absolute atomic E-state index is 12.1. The molecule has 2 aromatic heterocycles. The molecule has 0 unspecified atom stereocenters. The zero-order valence-electron chi connectivity index (χ0n) is 11.8. The SMILES string of the molecule is Cc1occc1C(=O)Nc1ncc(Cc2ccccc2Cl)s1. The molecule has 0 aliphatic heterocycles. The van der Waals surface area contributed by atoms with Crippen LogP contribution in [0.4, 0.5) is 5.13 Å². The van der Waals surface area contributed by atoms with Gasteiger partial charge in [0.2, 0.25) is 0 Å². The summed E-state index contributed by atoms with van der Waals surface area (Å²) in [5.41, 5.74) is 1.55. The van der Waals surface area contributed by atoms with E-state index in [-0.39, 0.29) is 5.91 Å². The molecule has 2 heterocycles. The van der Waals surface area contributed by atoms with Gasteiger partial charge in [-0.25, -0.2) is 4.98 Å². The number of anilines is 1. The fourth-order valence-electron chi connectivity index (χ4n) is 2.06. The molecule has 0 saturated heterocycles. The molecule has 1 amide bonds. The van der Waals surface area contributed by atoms with Gasteiger partial charge in [-0.3, -0.25) is 10.1 Å². The second-order valence-electron chi connectivity index (χ2n) is 4.74. The van der Waals surface area contributed by atoms with E-state index in [9.17, 15) is 4.79 Å².